The van der Waals surface area contributed by atoms with Gasteiger partial charge in [0.2, 0.25) is 5.88 Å². The molecule has 1 heterocycles. The zero-order chi connectivity index (χ0) is 18.3. The number of aromatic nitrogens is 1. The van der Waals surface area contributed by atoms with Gasteiger partial charge in [-0.05, 0) is 67.9 Å². The molecule has 140 valence electrons. The predicted molar refractivity (Wildman–Crippen MR) is 103 cm³/mol. The minimum atomic E-state index is 0.0130. The summed E-state index contributed by atoms with van der Waals surface area (Å²) in [4.78, 5) is 17.2. The molecule has 0 atom stereocenters. The second kappa shape index (κ2) is 6.66. The maximum atomic E-state index is 12.8. The maximum Gasteiger partial charge on any atom is 0.253 e. The van der Waals surface area contributed by atoms with Crippen LogP contribution in [0.25, 0.3) is 0 Å². The predicted octanol–water partition coefficient (Wildman–Crippen LogP) is 4.36. The second-order valence-electron chi connectivity index (χ2n) is 8.81. The van der Waals surface area contributed by atoms with Gasteiger partial charge in [-0.2, -0.15) is 0 Å². The van der Waals surface area contributed by atoms with E-state index in [1.807, 2.05) is 36.4 Å². The number of benzene rings is 1. The third kappa shape index (κ3) is 3.45. The van der Waals surface area contributed by atoms with Crippen molar-refractivity contribution < 1.29 is 9.53 Å². The van der Waals surface area contributed by atoms with Gasteiger partial charge in [-0.15, -0.1) is 0 Å². The summed E-state index contributed by atoms with van der Waals surface area (Å²) in [6, 6.07) is 13.6. The van der Waals surface area contributed by atoms with Crippen molar-refractivity contribution in [2.24, 2.45) is 17.8 Å². The molecule has 1 aromatic carbocycles. The molecule has 0 unspecified atom stereocenters. The Morgan fingerprint density at radius 1 is 1.00 bits per heavy atom. The summed E-state index contributed by atoms with van der Waals surface area (Å²) < 4.78 is 5.72. The summed E-state index contributed by atoms with van der Waals surface area (Å²) in [5, 5.41) is 3.40. The van der Waals surface area contributed by atoms with Crippen molar-refractivity contribution in [3.05, 3.63) is 59.8 Å². The molecule has 2 aromatic rings. The zero-order valence-corrected chi connectivity index (χ0v) is 15.6. The SMILES string of the molecule is O=C(NC12CC3CC(CC(C3)C1)C2)c1ccc(OCc2ccccc2)nc1. The smallest absolute Gasteiger partial charge is 0.253 e. The number of carbonyl (C=O) groups excluding carboxylic acids is 1. The highest BCUT2D eigenvalue weighted by Crippen LogP contribution is 2.55. The average Bonchev–Trinajstić information content (AvgIpc) is 2.66. The molecule has 4 bridgehead atoms. The minimum Gasteiger partial charge on any atom is -0.473 e. The number of nitrogens with zero attached hydrogens (tertiary/aromatic N) is 1. The Kier molecular flexibility index (Phi) is 4.14. The molecule has 0 spiro atoms. The molecule has 4 fully saturated rings. The second-order valence-corrected chi connectivity index (χ2v) is 8.81. The minimum absolute atomic E-state index is 0.0130. The monoisotopic (exact) mass is 362 g/mol. The van der Waals surface area contributed by atoms with E-state index < -0.39 is 0 Å². The van der Waals surface area contributed by atoms with Gasteiger partial charge in [-0.25, -0.2) is 4.98 Å². The summed E-state index contributed by atoms with van der Waals surface area (Å²) in [5.74, 6) is 3.03. The first kappa shape index (κ1) is 16.8. The van der Waals surface area contributed by atoms with Crippen LogP contribution in [0.3, 0.4) is 0 Å². The molecule has 1 N–H and O–H groups in total. The Labute approximate surface area is 160 Å². The molecule has 6 rings (SSSR count). The molecule has 4 saturated carbocycles. The molecule has 0 aliphatic heterocycles. The molecule has 0 saturated heterocycles. The lowest BCUT2D eigenvalue weighted by molar-refractivity contribution is -0.0167. The van der Waals surface area contributed by atoms with Crippen LogP contribution in [0, 0.1) is 17.8 Å². The Bertz CT molecular complexity index is 781. The van der Waals surface area contributed by atoms with Crippen LogP contribution in [-0.2, 0) is 6.61 Å². The first-order valence-corrected chi connectivity index (χ1v) is 10.1. The average molecular weight is 362 g/mol. The lowest BCUT2D eigenvalue weighted by Crippen LogP contribution is -2.59. The van der Waals surface area contributed by atoms with Crippen LogP contribution in [0.2, 0.25) is 0 Å². The van der Waals surface area contributed by atoms with Crippen LogP contribution in [0.4, 0.5) is 0 Å². The maximum absolute atomic E-state index is 12.8. The molecule has 4 nitrogen and oxygen atoms in total. The molecule has 4 heteroatoms. The van der Waals surface area contributed by atoms with Crippen molar-refractivity contribution >= 4 is 5.91 Å². The van der Waals surface area contributed by atoms with Crippen LogP contribution in [0.5, 0.6) is 5.88 Å². The van der Waals surface area contributed by atoms with E-state index >= 15 is 0 Å². The largest absolute Gasteiger partial charge is 0.473 e. The van der Waals surface area contributed by atoms with E-state index in [0.29, 0.717) is 18.1 Å². The van der Waals surface area contributed by atoms with Gasteiger partial charge in [0.15, 0.2) is 0 Å². The normalized spacial score (nSPS) is 30.9. The van der Waals surface area contributed by atoms with Gasteiger partial charge < -0.3 is 10.1 Å². The van der Waals surface area contributed by atoms with E-state index in [9.17, 15) is 4.79 Å². The Hall–Kier alpha value is -2.36. The molecule has 1 amide bonds. The highest BCUT2D eigenvalue weighted by molar-refractivity contribution is 5.94. The zero-order valence-electron chi connectivity index (χ0n) is 15.6. The fraction of sp³-hybridized carbons (Fsp3) is 0.478. The standard InChI is InChI=1S/C23H26N2O2/c26-22(25-23-11-17-8-18(12-23)10-19(9-17)13-23)20-6-7-21(24-14-20)27-15-16-4-2-1-3-5-16/h1-7,14,17-19H,8-13,15H2,(H,25,26). The van der Waals surface area contributed by atoms with Crippen molar-refractivity contribution in [3.8, 4) is 5.88 Å². The number of rotatable bonds is 5. The van der Waals surface area contributed by atoms with Crippen molar-refractivity contribution in [3.63, 3.8) is 0 Å². The Morgan fingerprint density at radius 3 is 2.26 bits per heavy atom. The molecule has 0 radical (unpaired) electrons. The highest BCUT2D eigenvalue weighted by Gasteiger charge is 2.51. The van der Waals surface area contributed by atoms with Crippen LogP contribution in [0.1, 0.15) is 54.4 Å². The van der Waals surface area contributed by atoms with Crippen LogP contribution in [0.15, 0.2) is 48.7 Å². The van der Waals surface area contributed by atoms with Crippen molar-refractivity contribution in [2.75, 3.05) is 0 Å². The van der Waals surface area contributed by atoms with E-state index in [4.69, 9.17) is 4.74 Å². The van der Waals surface area contributed by atoms with Gasteiger partial charge in [-0.3, -0.25) is 4.79 Å². The third-order valence-electron chi connectivity index (χ3n) is 6.65. The topological polar surface area (TPSA) is 51.2 Å². The fourth-order valence-electron chi connectivity index (χ4n) is 5.91. The number of carbonyl (C=O) groups is 1. The lowest BCUT2D eigenvalue weighted by atomic mass is 9.53. The molecular weight excluding hydrogens is 336 g/mol. The lowest BCUT2D eigenvalue weighted by Gasteiger charge is -2.56. The van der Waals surface area contributed by atoms with Crippen molar-refractivity contribution in [1.82, 2.24) is 10.3 Å². The quantitative estimate of drug-likeness (QED) is 0.860. The molecule has 1 aromatic heterocycles. The van der Waals surface area contributed by atoms with Gasteiger partial charge in [0.05, 0.1) is 5.56 Å². The number of hydrogen-bond acceptors (Lipinski definition) is 3. The Balaban J connectivity index is 1.22. The first-order valence-electron chi connectivity index (χ1n) is 10.1. The highest BCUT2D eigenvalue weighted by atomic mass is 16.5. The first-order chi connectivity index (χ1) is 13.2. The summed E-state index contributed by atoms with van der Waals surface area (Å²) in [6.07, 6.45) is 9.26. The van der Waals surface area contributed by atoms with Gasteiger partial charge in [0.1, 0.15) is 6.61 Å². The van der Waals surface area contributed by atoms with Crippen LogP contribution < -0.4 is 10.1 Å². The Morgan fingerprint density at radius 2 is 1.67 bits per heavy atom. The van der Waals surface area contributed by atoms with Crippen LogP contribution >= 0.6 is 0 Å². The third-order valence-corrected chi connectivity index (χ3v) is 6.65. The van der Waals surface area contributed by atoms with Gasteiger partial charge in [0.25, 0.3) is 5.91 Å². The van der Waals surface area contributed by atoms with E-state index in [1.54, 1.807) is 12.3 Å². The van der Waals surface area contributed by atoms with E-state index in [1.165, 1.54) is 19.3 Å². The number of nitrogens with one attached hydrogen (secondary N) is 1. The van der Waals surface area contributed by atoms with Gasteiger partial charge in [0, 0.05) is 17.8 Å². The van der Waals surface area contributed by atoms with Gasteiger partial charge >= 0.3 is 0 Å². The van der Waals surface area contributed by atoms with Crippen LogP contribution in [-0.4, -0.2) is 16.4 Å². The number of pyridine rings is 1. The number of ether oxygens (including phenoxy) is 1. The molecular formula is C23H26N2O2. The number of amides is 1. The van der Waals surface area contributed by atoms with E-state index in [-0.39, 0.29) is 11.4 Å². The van der Waals surface area contributed by atoms with E-state index in [0.717, 1.165) is 42.6 Å². The molecule has 4 aliphatic carbocycles. The summed E-state index contributed by atoms with van der Waals surface area (Å²) in [6.45, 7) is 0.479. The summed E-state index contributed by atoms with van der Waals surface area (Å²) in [7, 11) is 0. The van der Waals surface area contributed by atoms with Gasteiger partial charge in [-0.1, -0.05) is 30.3 Å². The number of hydrogen-bond donors (Lipinski definition) is 1. The summed E-state index contributed by atoms with van der Waals surface area (Å²) in [5.41, 5.74) is 1.76. The summed E-state index contributed by atoms with van der Waals surface area (Å²) >= 11 is 0. The van der Waals surface area contributed by atoms with Crippen molar-refractivity contribution in [1.29, 1.82) is 0 Å². The van der Waals surface area contributed by atoms with E-state index in [2.05, 4.69) is 10.3 Å². The van der Waals surface area contributed by atoms with Crippen molar-refractivity contribution in [2.45, 2.75) is 50.7 Å². The molecule has 4 aliphatic rings. The fourth-order valence-corrected chi connectivity index (χ4v) is 5.91. The molecule has 27 heavy (non-hydrogen) atoms.